The Hall–Kier alpha value is -2.39. The van der Waals surface area contributed by atoms with E-state index >= 15 is 0 Å². The van der Waals surface area contributed by atoms with Gasteiger partial charge in [0.25, 0.3) is 0 Å². The molecule has 1 aromatic heterocycles. The summed E-state index contributed by atoms with van der Waals surface area (Å²) in [7, 11) is 0. The molecule has 0 unspecified atom stereocenters. The van der Waals surface area contributed by atoms with Gasteiger partial charge in [0.2, 0.25) is 5.89 Å². The van der Waals surface area contributed by atoms with Crippen LogP contribution in [0.5, 0.6) is 0 Å². The van der Waals surface area contributed by atoms with E-state index in [2.05, 4.69) is 45.2 Å². The Kier molecular flexibility index (Phi) is 3.28. The maximum absolute atomic E-state index is 5.82. The van der Waals surface area contributed by atoms with Crippen LogP contribution in [-0.2, 0) is 0 Å². The van der Waals surface area contributed by atoms with Crippen LogP contribution in [0.4, 0.5) is 0 Å². The minimum atomic E-state index is 0.646. The summed E-state index contributed by atoms with van der Waals surface area (Å²) >= 11 is 3.45. The van der Waals surface area contributed by atoms with Crippen LogP contribution in [0.25, 0.3) is 33.7 Å². The molecule has 0 fully saturated rings. The Morgan fingerprint density at radius 2 is 1.41 bits per heavy atom. The lowest BCUT2D eigenvalue weighted by Crippen LogP contribution is -1.80. The third-order valence-corrected chi connectivity index (χ3v) is 4.08. The molecule has 106 valence electrons. The normalized spacial score (nSPS) is 11.0. The number of halogens is 1. The highest BCUT2D eigenvalue weighted by Crippen LogP contribution is 2.28. The van der Waals surface area contributed by atoms with Gasteiger partial charge in [0.1, 0.15) is 5.52 Å². The van der Waals surface area contributed by atoms with Crippen molar-refractivity contribution >= 4 is 27.0 Å². The predicted octanol–water partition coefficient (Wildman–Crippen LogP) is 5.92. The summed E-state index contributed by atoms with van der Waals surface area (Å²) < 4.78 is 6.82. The van der Waals surface area contributed by atoms with Crippen LogP contribution in [0, 0.1) is 0 Å². The molecule has 0 amide bonds. The van der Waals surface area contributed by atoms with Gasteiger partial charge in [0.05, 0.1) is 0 Å². The zero-order valence-corrected chi connectivity index (χ0v) is 13.2. The van der Waals surface area contributed by atoms with Crippen LogP contribution in [-0.4, -0.2) is 4.98 Å². The molecule has 4 aromatic rings. The van der Waals surface area contributed by atoms with E-state index in [0.717, 1.165) is 21.1 Å². The maximum atomic E-state index is 5.82. The lowest BCUT2D eigenvalue weighted by Gasteiger charge is -2.02. The second-order valence-electron chi connectivity index (χ2n) is 5.07. The molecule has 0 bridgehead atoms. The molecule has 0 aliphatic rings. The zero-order valence-electron chi connectivity index (χ0n) is 11.7. The molecular formula is C19H12BrNO. The first-order valence-corrected chi connectivity index (χ1v) is 7.81. The summed E-state index contributed by atoms with van der Waals surface area (Å²) in [6.45, 7) is 0. The van der Waals surface area contributed by atoms with Crippen LogP contribution in [0.15, 0.2) is 81.7 Å². The van der Waals surface area contributed by atoms with E-state index in [0.29, 0.717) is 5.89 Å². The van der Waals surface area contributed by atoms with Gasteiger partial charge in [0.15, 0.2) is 5.58 Å². The van der Waals surface area contributed by atoms with E-state index in [1.54, 1.807) is 0 Å². The molecule has 0 spiro atoms. The van der Waals surface area contributed by atoms with Crippen molar-refractivity contribution < 1.29 is 4.42 Å². The van der Waals surface area contributed by atoms with Gasteiger partial charge >= 0.3 is 0 Å². The predicted molar refractivity (Wildman–Crippen MR) is 92.6 cm³/mol. The smallest absolute Gasteiger partial charge is 0.227 e. The molecule has 2 nitrogen and oxygen atoms in total. The second kappa shape index (κ2) is 5.43. The first kappa shape index (κ1) is 13.3. The maximum Gasteiger partial charge on any atom is 0.227 e. The van der Waals surface area contributed by atoms with Crippen molar-refractivity contribution in [1.82, 2.24) is 4.98 Å². The SMILES string of the molecule is Brc1ccc2oc(-c3ccc(-c4ccccc4)cc3)nc2c1. The van der Waals surface area contributed by atoms with Crippen LogP contribution in [0.1, 0.15) is 0 Å². The van der Waals surface area contributed by atoms with Crippen molar-refractivity contribution in [2.45, 2.75) is 0 Å². The number of oxazole rings is 1. The zero-order chi connectivity index (χ0) is 14.9. The lowest BCUT2D eigenvalue weighted by molar-refractivity contribution is 0.620. The Bertz CT molecular complexity index is 927. The summed E-state index contributed by atoms with van der Waals surface area (Å²) in [5.41, 5.74) is 5.02. The van der Waals surface area contributed by atoms with E-state index < -0.39 is 0 Å². The number of fused-ring (bicyclic) bond motifs is 1. The molecule has 0 aliphatic carbocycles. The molecule has 0 aliphatic heterocycles. The summed E-state index contributed by atoms with van der Waals surface area (Å²) in [6.07, 6.45) is 0. The summed E-state index contributed by atoms with van der Waals surface area (Å²) in [5, 5.41) is 0. The van der Waals surface area contributed by atoms with Gasteiger partial charge in [-0.1, -0.05) is 58.4 Å². The van der Waals surface area contributed by atoms with Gasteiger partial charge in [-0.25, -0.2) is 4.98 Å². The van der Waals surface area contributed by atoms with Gasteiger partial charge in [-0.2, -0.15) is 0 Å². The number of benzene rings is 3. The van der Waals surface area contributed by atoms with Gasteiger partial charge in [-0.15, -0.1) is 0 Å². The topological polar surface area (TPSA) is 26.0 Å². The number of aromatic nitrogens is 1. The van der Waals surface area contributed by atoms with Crippen molar-refractivity contribution in [1.29, 1.82) is 0 Å². The largest absolute Gasteiger partial charge is 0.436 e. The standard InChI is InChI=1S/C19H12BrNO/c20-16-10-11-18-17(12-16)21-19(22-18)15-8-6-14(7-9-15)13-4-2-1-3-5-13/h1-12H. The average Bonchev–Trinajstić information content (AvgIpc) is 2.99. The quantitative estimate of drug-likeness (QED) is 0.448. The Morgan fingerprint density at radius 3 is 2.18 bits per heavy atom. The monoisotopic (exact) mass is 349 g/mol. The van der Waals surface area contributed by atoms with Crippen molar-refractivity contribution in [2.75, 3.05) is 0 Å². The summed E-state index contributed by atoms with van der Waals surface area (Å²) in [4.78, 5) is 4.55. The minimum Gasteiger partial charge on any atom is -0.436 e. The van der Waals surface area contributed by atoms with Crippen molar-refractivity contribution in [3.8, 4) is 22.6 Å². The van der Waals surface area contributed by atoms with Crippen LogP contribution in [0.2, 0.25) is 0 Å². The molecule has 3 heteroatoms. The van der Waals surface area contributed by atoms with E-state index in [1.165, 1.54) is 11.1 Å². The van der Waals surface area contributed by atoms with E-state index in [4.69, 9.17) is 4.42 Å². The Balaban J connectivity index is 1.73. The molecule has 0 saturated carbocycles. The van der Waals surface area contributed by atoms with Gasteiger partial charge in [-0.05, 0) is 41.5 Å². The molecule has 3 aromatic carbocycles. The van der Waals surface area contributed by atoms with Crippen molar-refractivity contribution in [3.63, 3.8) is 0 Å². The molecule has 0 atom stereocenters. The van der Waals surface area contributed by atoms with Gasteiger partial charge in [0, 0.05) is 10.0 Å². The highest BCUT2D eigenvalue weighted by atomic mass is 79.9. The van der Waals surface area contributed by atoms with Crippen molar-refractivity contribution in [3.05, 3.63) is 77.3 Å². The molecular weight excluding hydrogens is 338 g/mol. The summed E-state index contributed by atoms with van der Waals surface area (Å²) in [5.74, 6) is 0.646. The number of nitrogens with zero attached hydrogens (tertiary/aromatic N) is 1. The first-order chi connectivity index (χ1) is 10.8. The molecule has 0 saturated heterocycles. The number of hydrogen-bond acceptors (Lipinski definition) is 2. The van der Waals surface area contributed by atoms with E-state index in [-0.39, 0.29) is 0 Å². The average molecular weight is 350 g/mol. The molecule has 4 rings (SSSR count). The Labute approximate surface area is 136 Å². The molecule has 0 N–H and O–H groups in total. The van der Waals surface area contributed by atoms with Crippen LogP contribution in [0.3, 0.4) is 0 Å². The number of rotatable bonds is 2. The molecule has 1 heterocycles. The van der Waals surface area contributed by atoms with Gasteiger partial charge in [-0.3, -0.25) is 0 Å². The van der Waals surface area contributed by atoms with Crippen LogP contribution < -0.4 is 0 Å². The summed E-state index contributed by atoms with van der Waals surface area (Å²) in [6, 6.07) is 24.4. The fourth-order valence-electron chi connectivity index (χ4n) is 2.46. The fourth-order valence-corrected chi connectivity index (χ4v) is 2.81. The lowest BCUT2D eigenvalue weighted by atomic mass is 10.0. The first-order valence-electron chi connectivity index (χ1n) is 7.01. The number of hydrogen-bond donors (Lipinski definition) is 0. The third kappa shape index (κ3) is 2.44. The Morgan fingerprint density at radius 1 is 0.727 bits per heavy atom. The minimum absolute atomic E-state index is 0.646. The van der Waals surface area contributed by atoms with E-state index in [9.17, 15) is 0 Å². The molecule has 0 radical (unpaired) electrons. The third-order valence-electron chi connectivity index (χ3n) is 3.59. The van der Waals surface area contributed by atoms with Gasteiger partial charge < -0.3 is 4.42 Å². The highest BCUT2D eigenvalue weighted by Gasteiger charge is 2.08. The molecule has 22 heavy (non-hydrogen) atoms. The van der Waals surface area contributed by atoms with Crippen molar-refractivity contribution in [2.24, 2.45) is 0 Å². The van der Waals surface area contributed by atoms with E-state index in [1.807, 2.05) is 48.5 Å². The highest BCUT2D eigenvalue weighted by molar-refractivity contribution is 9.10. The van der Waals surface area contributed by atoms with Crippen LogP contribution >= 0.6 is 15.9 Å². The fraction of sp³-hybridized carbons (Fsp3) is 0. The second-order valence-corrected chi connectivity index (χ2v) is 5.99.